The highest BCUT2D eigenvalue weighted by atomic mass is 35.5. The maximum Gasteiger partial charge on any atom is 0.229 e. The molecule has 2 aromatic carbocycles. The van der Waals surface area contributed by atoms with Gasteiger partial charge in [0.15, 0.2) is 21.5 Å². The Morgan fingerprint density at radius 1 is 0.658 bits per heavy atom. The second-order valence-electron chi connectivity index (χ2n) is 21.9. The fourth-order valence-electron chi connectivity index (χ4n) is 10.5. The monoisotopic (exact) mass is 1160 g/mol. The van der Waals surface area contributed by atoms with Crippen molar-refractivity contribution in [3.8, 4) is 11.5 Å². The van der Waals surface area contributed by atoms with E-state index in [1.54, 1.807) is 33.4 Å². The summed E-state index contributed by atoms with van der Waals surface area (Å²) in [4.78, 5) is 42.5. The molecule has 3 aliphatic carbocycles. The molecule has 422 valence electrons. The predicted octanol–water partition coefficient (Wildman–Crippen LogP) is 11.3. The molecule has 4 aromatic heterocycles. The third-order valence-corrected chi connectivity index (χ3v) is 19.2. The van der Waals surface area contributed by atoms with Gasteiger partial charge in [0.1, 0.15) is 39.2 Å². The van der Waals surface area contributed by atoms with Crippen LogP contribution in [0, 0.1) is 25.7 Å². The van der Waals surface area contributed by atoms with Crippen LogP contribution in [0.5, 0.6) is 11.5 Å². The van der Waals surface area contributed by atoms with Gasteiger partial charge in [0, 0.05) is 58.1 Å². The Labute approximate surface area is 471 Å². The number of aryl methyl sites for hydroxylation is 4. The summed E-state index contributed by atoms with van der Waals surface area (Å²) >= 11 is 13.3. The number of carbonyl (C=O) groups is 2. The Morgan fingerprint density at radius 2 is 1.13 bits per heavy atom. The molecule has 20 nitrogen and oxygen atoms in total. The second kappa shape index (κ2) is 23.4. The van der Waals surface area contributed by atoms with Gasteiger partial charge in [-0.25, -0.2) is 26.8 Å². The standard InChI is InChI=1S/C55H68Cl2N12O8S2/c1-29(2)28-78(72,73)52-45(26-68(8)66-52)60-50-41(56)24-59-55(64-50)63-44-19-32(6)40(35-12-16-38(71)17-13-35)23-49(44)77-47-21-36(47)20-33(7)79(74,75)53-46(27-69(9)67-53)61-51-42(57)25-58-54(65-51)62-43-18-31(5)39(22-48(43)76-30(3)4)34-10-14-37(70)15-11-34/h18-19,22-27,29-30,33-36,47H,10-17,20-21,28H2,1-9H3,(H2,58,61,62,65)(H2,59,60,63,64). The van der Waals surface area contributed by atoms with E-state index in [1.807, 2.05) is 65.8 Å². The maximum atomic E-state index is 14.5. The van der Waals surface area contributed by atoms with Crippen molar-refractivity contribution in [1.29, 1.82) is 0 Å². The molecule has 0 aliphatic heterocycles. The molecule has 4 N–H and O–H groups in total. The molecule has 0 spiro atoms. The van der Waals surface area contributed by atoms with E-state index >= 15 is 0 Å². The van der Waals surface area contributed by atoms with Gasteiger partial charge in [-0.05, 0) is 137 Å². The number of hydrogen-bond acceptors (Lipinski definition) is 18. The van der Waals surface area contributed by atoms with Crippen LogP contribution in [0.4, 0.5) is 46.3 Å². The van der Waals surface area contributed by atoms with Crippen molar-refractivity contribution in [2.24, 2.45) is 25.9 Å². The van der Waals surface area contributed by atoms with Crippen molar-refractivity contribution < 1.29 is 35.9 Å². The Bertz CT molecular complexity index is 3510. The zero-order valence-corrected chi connectivity index (χ0v) is 49.0. The summed E-state index contributed by atoms with van der Waals surface area (Å²) in [6.07, 6.45) is 11.5. The maximum absolute atomic E-state index is 14.5. The van der Waals surface area contributed by atoms with Crippen molar-refractivity contribution in [1.82, 2.24) is 39.5 Å². The number of ether oxygens (including phenoxy) is 2. The number of sulfone groups is 2. The summed E-state index contributed by atoms with van der Waals surface area (Å²) in [5, 5.41) is 20.6. The molecule has 0 radical (unpaired) electrons. The van der Waals surface area contributed by atoms with Crippen LogP contribution in [0.1, 0.15) is 133 Å². The second-order valence-corrected chi connectivity index (χ2v) is 27.0. The van der Waals surface area contributed by atoms with Crippen LogP contribution in [-0.4, -0.2) is 91.1 Å². The number of aromatic nitrogens is 8. The minimum atomic E-state index is -4.06. The third kappa shape index (κ3) is 13.5. The number of rotatable bonds is 21. The molecule has 3 aliphatic rings. The summed E-state index contributed by atoms with van der Waals surface area (Å²) in [6.45, 7) is 13.2. The van der Waals surface area contributed by atoms with Gasteiger partial charge in [0.05, 0.1) is 52.2 Å². The van der Waals surface area contributed by atoms with Gasteiger partial charge < -0.3 is 30.7 Å². The largest absolute Gasteiger partial charge is 0.489 e. The molecule has 3 saturated carbocycles. The molecule has 24 heteroatoms. The third-order valence-electron chi connectivity index (χ3n) is 14.6. The lowest BCUT2D eigenvalue weighted by molar-refractivity contribution is -0.121. The Balaban J connectivity index is 0.914. The number of nitrogens with zero attached hydrogens (tertiary/aromatic N) is 8. The molecule has 79 heavy (non-hydrogen) atoms. The SMILES string of the molecule is Cc1cc(Nc2ncc(Cl)c(Nc3cn(C)nc3S(=O)(=O)C(C)CC3CC3Oc3cc(C4CCC(=O)CC4)c(C)cc3Nc3ncc(Cl)c(Nc4cn(C)nc4S(=O)(=O)CC(C)C)n3)n2)c(OC(C)C)cc1C1CCC(=O)CC1. The van der Waals surface area contributed by atoms with Gasteiger partial charge in [-0.3, -0.25) is 19.0 Å². The van der Waals surface area contributed by atoms with Gasteiger partial charge in [0.2, 0.25) is 31.8 Å². The van der Waals surface area contributed by atoms with Crippen LogP contribution in [0.2, 0.25) is 10.0 Å². The normalized spacial score (nSPS) is 17.8. The minimum Gasteiger partial charge on any atom is -0.489 e. The molecule has 3 fully saturated rings. The summed E-state index contributed by atoms with van der Waals surface area (Å²) in [6, 6.07) is 7.97. The van der Waals surface area contributed by atoms with Crippen LogP contribution < -0.4 is 30.7 Å². The number of benzene rings is 2. The molecular formula is C55H68Cl2N12O8S2. The quantitative estimate of drug-likeness (QED) is 0.0522. The van der Waals surface area contributed by atoms with Gasteiger partial charge >= 0.3 is 0 Å². The van der Waals surface area contributed by atoms with Crippen molar-refractivity contribution in [2.45, 2.75) is 152 Å². The molecular weight excluding hydrogens is 1090 g/mol. The van der Waals surface area contributed by atoms with Crippen molar-refractivity contribution in [2.75, 3.05) is 27.0 Å². The molecule has 0 saturated heterocycles. The molecule has 3 unspecified atom stereocenters. The first-order valence-corrected chi connectivity index (χ1v) is 30.7. The smallest absolute Gasteiger partial charge is 0.229 e. The summed E-state index contributed by atoms with van der Waals surface area (Å²) < 4.78 is 71.6. The van der Waals surface area contributed by atoms with Crippen LogP contribution in [0.15, 0.2) is 59.1 Å². The molecule has 4 heterocycles. The van der Waals surface area contributed by atoms with Gasteiger partial charge in [-0.15, -0.1) is 0 Å². The van der Waals surface area contributed by atoms with Crippen LogP contribution in [-0.2, 0) is 43.4 Å². The first-order valence-electron chi connectivity index (χ1n) is 26.7. The predicted molar refractivity (Wildman–Crippen MR) is 305 cm³/mol. The number of halogens is 2. The highest BCUT2D eigenvalue weighted by Crippen LogP contribution is 2.46. The Morgan fingerprint density at radius 3 is 1.62 bits per heavy atom. The molecule has 3 atom stereocenters. The van der Waals surface area contributed by atoms with E-state index in [0.29, 0.717) is 73.6 Å². The zero-order valence-electron chi connectivity index (χ0n) is 45.9. The number of hydrogen-bond donors (Lipinski definition) is 4. The molecule has 0 amide bonds. The van der Waals surface area contributed by atoms with Crippen molar-refractivity contribution in [3.63, 3.8) is 0 Å². The molecule has 0 bridgehead atoms. The van der Waals surface area contributed by atoms with E-state index in [4.69, 9.17) is 32.7 Å². The minimum absolute atomic E-state index is 0.0980. The number of ketones is 2. The summed E-state index contributed by atoms with van der Waals surface area (Å²) in [5.74, 6) is 2.34. The van der Waals surface area contributed by atoms with E-state index in [-0.39, 0.29) is 109 Å². The zero-order chi connectivity index (χ0) is 56.7. The van der Waals surface area contributed by atoms with Crippen molar-refractivity contribution >= 4 is 101 Å². The average Bonchev–Trinajstić information content (AvgIpc) is 3.99. The van der Waals surface area contributed by atoms with Gasteiger partial charge in [-0.1, -0.05) is 37.0 Å². The van der Waals surface area contributed by atoms with E-state index in [9.17, 15) is 26.4 Å². The fraction of sp³-hybridized carbons (Fsp3) is 0.491. The molecule has 9 rings (SSSR count). The number of anilines is 8. The summed E-state index contributed by atoms with van der Waals surface area (Å²) in [7, 11) is -4.54. The Kier molecular flexibility index (Phi) is 17.0. The van der Waals surface area contributed by atoms with E-state index in [1.165, 1.54) is 21.8 Å². The average molecular weight is 1160 g/mol. The lowest BCUT2D eigenvalue weighted by atomic mass is 9.81. The number of carbonyl (C=O) groups excluding carboxylic acids is 2. The van der Waals surface area contributed by atoms with Gasteiger partial charge in [-0.2, -0.15) is 20.2 Å². The van der Waals surface area contributed by atoms with Crippen LogP contribution in [0.25, 0.3) is 0 Å². The summed E-state index contributed by atoms with van der Waals surface area (Å²) in [5.41, 5.74) is 5.79. The lowest BCUT2D eigenvalue weighted by Crippen LogP contribution is -2.21. The number of nitrogens with one attached hydrogen (secondary N) is 4. The fourth-order valence-corrected chi connectivity index (χ4v) is 14.1. The van der Waals surface area contributed by atoms with Crippen molar-refractivity contribution in [3.05, 3.63) is 81.4 Å². The van der Waals surface area contributed by atoms with E-state index in [0.717, 1.165) is 35.1 Å². The molecule has 6 aromatic rings. The van der Waals surface area contributed by atoms with Crippen LogP contribution >= 0.6 is 23.2 Å². The van der Waals surface area contributed by atoms with E-state index < -0.39 is 24.9 Å². The first kappa shape index (κ1) is 57.3. The first-order chi connectivity index (χ1) is 37.4. The highest BCUT2D eigenvalue weighted by Gasteiger charge is 2.44. The highest BCUT2D eigenvalue weighted by molar-refractivity contribution is 7.92. The lowest BCUT2D eigenvalue weighted by Gasteiger charge is -2.25. The topological polar surface area (TPSA) is 256 Å². The van der Waals surface area contributed by atoms with E-state index in [2.05, 4.69) is 51.4 Å². The van der Waals surface area contributed by atoms with Gasteiger partial charge in [0.25, 0.3) is 0 Å². The number of Topliss-reactive ketones (excluding diaryl/α,β-unsaturated/α-hetero) is 2. The van der Waals surface area contributed by atoms with Crippen LogP contribution in [0.3, 0.4) is 0 Å². The Hall–Kier alpha value is -6.36.